The lowest BCUT2D eigenvalue weighted by Crippen LogP contribution is -2.07. The summed E-state index contributed by atoms with van der Waals surface area (Å²) in [5.74, 6) is -0.338. The summed E-state index contributed by atoms with van der Waals surface area (Å²) in [7, 11) is 1.32. The molecule has 0 atom stereocenters. The molecule has 0 saturated carbocycles. The molecule has 1 heterocycles. The number of benzene rings is 1. The number of esters is 1. The van der Waals surface area contributed by atoms with Crippen molar-refractivity contribution in [3.8, 4) is 0 Å². The van der Waals surface area contributed by atoms with Gasteiger partial charge >= 0.3 is 5.97 Å². The summed E-state index contributed by atoms with van der Waals surface area (Å²) in [6, 6.07) is 5.11. The topological polar surface area (TPSA) is 81.8 Å². The van der Waals surface area contributed by atoms with Crippen molar-refractivity contribution in [1.82, 2.24) is 4.98 Å². The van der Waals surface area contributed by atoms with E-state index < -0.39 is 5.97 Å². The number of allylic oxidation sites excluding steroid dienone is 6. The van der Waals surface area contributed by atoms with Crippen molar-refractivity contribution in [1.29, 1.82) is 0 Å². The van der Waals surface area contributed by atoms with E-state index in [9.17, 15) is 9.59 Å². The minimum Gasteiger partial charge on any atom is -0.465 e. The zero-order valence-electron chi connectivity index (χ0n) is 18.9. The molecule has 2 aromatic rings. The average molecular weight is 421 g/mol. The first-order chi connectivity index (χ1) is 14.7. The van der Waals surface area contributed by atoms with Gasteiger partial charge in [-0.3, -0.25) is 9.79 Å². The first-order valence-corrected chi connectivity index (χ1v) is 10.0. The van der Waals surface area contributed by atoms with Crippen LogP contribution in [0.25, 0.3) is 16.7 Å². The minimum atomic E-state index is -0.485. The summed E-state index contributed by atoms with van der Waals surface area (Å²) < 4.78 is 10.8. The Kier molecular flexibility index (Phi) is 8.02. The van der Waals surface area contributed by atoms with Crippen LogP contribution in [-0.4, -0.2) is 29.6 Å². The molecule has 0 N–H and O–H groups in total. The summed E-state index contributed by atoms with van der Waals surface area (Å²) >= 11 is 0. The molecule has 0 aliphatic rings. The maximum absolute atomic E-state index is 12.2. The standard InChI is InChI=1S/C25H28N2O4/c1-8-11-18(22(15(3)4)26-17(6)16(5)20(28)12-9-2)24-27-23-19(25(29)30-7)13-10-14-21(23)31-24/h9-14H,5,8H2,1-4,6-7H3/b12-9-,18-11+,26-17?. The molecule has 0 saturated heterocycles. The van der Waals surface area contributed by atoms with Crippen LogP contribution in [0.2, 0.25) is 0 Å². The molecule has 6 heteroatoms. The zero-order chi connectivity index (χ0) is 23.1. The molecule has 1 aromatic heterocycles. The zero-order valence-corrected chi connectivity index (χ0v) is 18.9. The SMILES string of the molecule is C=C(C(=O)/C=C\C)C(C)=NC(=C(C)C)/C(=C\CC)c1nc2c(C(=O)OC)cccc2o1. The third kappa shape index (κ3) is 5.34. The number of aliphatic imine (C=N–C) groups is 1. The van der Waals surface area contributed by atoms with Crippen LogP contribution >= 0.6 is 0 Å². The van der Waals surface area contributed by atoms with Gasteiger partial charge in [-0.1, -0.05) is 31.7 Å². The van der Waals surface area contributed by atoms with E-state index in [2.05, 4.69) is 11.6 Å². The van der Waals surface area contributed by atoms with Gasteiger partial charge in [0.25, 0.3) is 0 Å². The molecule has 0 aliphatic heterocycles. The van der Waals surface area contributed by atoms with Crippen LogP contribution in [0.15, 0.2) is 69.3 Å². The van der Waals surface area contributed by atoms with Crippen molar-refractivity contribution in [2.45, 2.75) is 41.0 Å². The highest BCUT2D eigenvalue weighted by molar-refractivity contribution is 6.25. The highest BCUT2D eigenvalue weighted by Crippen LogP contribution is 2.31. The number of hydrogen-bond acceptors (Lipinski definition) is 6. The smallest absolute Gasteiger partial charge is 0.340 e. The van der Waals surface area contributed by atoms with Gasteiger partial charge in [0.1, 0.15) is 5.52 Å². The third-order valence-electron chi connectivity index (χ3n) is 4.52. The molecule has 6 nitrogen and oxygen atoms in total. The Labute approximate surface area is 182 Å². The quantitative estimate of drug-likeness (QED) is 0.231. The monoisotopic (exact) mass is 420 g/mol. The van der Waals surface area contributed by atoms with E-state index >= 15 is 0 Å². The number of hydrogen-bond donors (Lipinski definition) is 0. The molecule has 2 rings (SSSR count). The van der Waals surface area contributed by atoms with Crippen molar-refractivity contribution >= 4 is 34.1 Å². The fraction of sp³-hybridized carbons (Fsp3) is 0.280. The third-order valence-corrected chi connectivity index (χ3v) is 4.52. The first kappa shape index (κ1) is 23.7. The Morgan fingerprint density at radius 3 is 2.55 bits per heavy atom. The fourth-order valence-electron chi connectivity index (χ4n) is 2.93. The second kappa shape index (κ2) is 10.5. The van der Waals surface area contributed by atoms with Gasteiger partial charge in [0, 0.05) is 11.3 Å². The number of methoxy groups -OCH3 is 1. The maximum Gasteiger partial charge on any atom is 0.340 e. The summed E-state index contributed by atoms with van der Waals surface area (Å²) in [6.07, 6.45) is 5.80. The number of fused-ring (bicyclic) bond motifs is 1. The van der Waals surface area contributed by atoms with E-state index in [0.717, 1.165) is 5.57 Å². The van der Waals surface area contributed by atoms with Gasteiger partial charge in [-0.25, -0.2) is 9.78 Å². The summed E-state index contributed by atoms with van der Waals surface area (Å²) in [4.78, 5) is 33.6. The number of oxazole rings is 1. The Hall–Kier alpha value is -3.54. The van der Waals surface area contributed by atoms with E-state index in [1.165, 1.54) is 13.2 Å². The Morgan fingerprint density at radius 1 is 1.26 bits per heavy atom. The predicted molar refractivity (Wildman–Crippen MR) is 124 cm³/mol. The van der Waals surface area contributed by atoms with Crippen molar-refractivity contribution in [2.24, 2.45) is 4.99 Å². The van der Waals surface area contributed by atoms with E-state index in [1.807, 2.05) is 26.8 Å². The second-order valence-electron chi connectivity index (χ2n) is 7.08. The van der Waals surface area contributed by atoms with Crippen LogP contribution in [0.3, 0.4) is 0 Å². The molecule has 0 radical (unpaired) electrons. The Morgan fingerprint density at radius 2 is 1.97 bits per heavy atom. The highest BCUT2D eigenvalue weighted by Gasteiger charge is 2.20. The molecule has 0 fully saturated rings. The number of aromatic nitrogens is 1. The summed E-state index contributed by atoms with van der Waals surface area (Å²) in [5.41, 5.74) is 4.29. The lowest BCUT2D eigenvalue weighted by atomic mass is 10.1. The first-order valence-electron chi connectivity index (χ1n) is 10.0. The number of rotatable bonds is 8. The molecule has 0 spiro atoms. The molecule has 0 bridgehead atoms. The molecule has 31 heavy (non-hydrogen) atoms. The van der Waals surface area contributed by atoms with Crippen LogP contribution in [0.4, 0.5) is 0 Å². The lowest BCUT2D eigenvalue weighted by molar-refractivity contribution is -0.110. The molecule has 162 valence electrons. The average Bonchev–Trinajstić information content (AvgIpc) is 3.18. The Balaban J connectivity index is 2.63. The summed E-state index contributed by atoms with van der Waals surface area (Å²) in [6.45, 7) is 13.2. The second-order valence-corrected chi connectivity index (χ2v) is 7.08. The van der Waals surface area contributed by atoms with Gasteiger partial charge in [-0.2, -0.15) is 0 Å². The van der Waals surface area contributed by atoms with Crippen LogP contribution in [0.5, 0.6) is 0 Å². The molecular weight excluding hydrogens is 392 g/mol. The Bertz CT molecular complexity index is 1140. The van der Waals surface area contributed by atoms with E-state index in [1.54, 1.807) is 38.1 Å². The van der Waals surface area contributed by atoms with Gasteiger partial charge in [0.2, 0.25) is 5.89 Å². The van der Waals surface area contributed by atoms with Crippen molar-refractivity contribution < 1.29 is 18.7 Å². The van der Waals surface area contributed by atoms with Crippen LogP contribution in [0, 0.1) is 0 Å². The van der Waals surface area contributed by atoms with E-state index in [4.69, 9.17) is 14.1 Å². The number of carbonyl (C=O) groups excluding carboxylic acids is 2. The molecule has 0 aliphatic carbocycles. The number of ketones is 1. The van der Waals surface area contributed by atoms with Crippen molar-refractivity contribution in [2.75, 3.05) is 7.11 Å². The van der Waals surface area contributed by atoms with Crippen molar-refractivity contribution in [3.63, 3.8) is 0 Å². The molecular formula is C25H28N2O4. The van der Waals surface area contributed by atoms with Crippen LogP contribution in [-0.2, 0) is 9.53 Å². The molecule has 0 unspecified atom stereocenters. The predicted octanol–water partition coefficient (Wildman–Crippen LogP) is 5.86. The molecule has 1 aromatic carbocycles. The van der Waals surface area contributed by atoms with Crippen molar-refractivity contribution in [3.05, 3.63) is 71.3 Å². The van der Waals surface area contributed by atoms with Crippen LogP contribution in [0.1, 0.15) is 57.3 Å². The van der Waals surface area contributed by atoms with Gasteiger partial charge in [0.05, 0.1) is 23.9 Å². The fourth-order valence-corrected chi connectivity index (χ4v) is 2.93. The van der Waals surface area contributed by atoms with Crippen LogP contribution < -0.4 is 0 Å². The lowest BCUT2D eigenvalue weighted by Gasteiger charge is -2.10. The van der Waals surface area contributed by atoms with E-state index in [0.29, 0.717) is 51.5 Å². The van der Waals surface area contributed by atoms with Gasteiger partial charge in [0.15, 0.2) is 11.4 Å². The highest BCUT2D eigenvalue weighted by atomic mass is 16.5. The number of carbonyl (C=O) groups is 2. The largest absolute Gasteiger partial charge is 0.465 e. The van der Waals surface area contributed by atoms with Gasteiger partial charge in [-0.05, 0) is 57.9 Å². The minimum absolute atomic E-state index is 0.192. The van der Waals surface area contributed by atoms with Gasteiger partial charge in [-0.15, -0.1) is 0 Å². The number of nitrogens with zero attached hydrogens (tertiary/aromatic N) is 2. The number of para-hydroxylation sites is 1. The van der Waals surface area contributed by atoms with Gasteiger partial charge < -0.3 is 9.15 Å². The number of ether oxygens (including phenoxy) is 1. The normalized spacial score (nSPS) is 12.3. The summed E-state index contributed by atoms with van der Waals surface area (Å²) in [5, 5.41) is 0. The maximum atomic E-state index is 12.2. The van der Waals surface area contributed by atoms with E-state index in [-0.39, 0.29) is 5.78 Å². The molecule has 0 amide bonds.